The molecule has 0 unspecified atom stereocenters. The molecule has 0 saturated heterocycles. The molecule has 1 nitrogen and oxygen atoms in total. The van der Waals surface area contributed by atoms with Gasteiger partial charge in [-0.2, -0.15) is 0 Å². The fourth-order valence-corrected chi connectivity index (χ4v) is 2.07. The van der Waals surface area contributed by atoms with Crippen LogP contribution in [0.5, 0.6) is 11.5 Å². The minimum atomic E-state index is 0.819. The van der Waals surface area contributed by atoms with Crippen LogP contribution in [0.2, 0.25) is 0 Å². The highest BCUT2D eigenvalue weighted by Crippen LogP contribution is 2.24. The molecule has 22 heavy (non-hydrogen) atoms. The predicted octanol–water partition coefficient (Wildman–Crippen LogP) is 5.19. The Morgan fingerprint density at radius 2 is 1.23 bits per heavy atom. The second kappa shape index (κ2) is 6.65. The molecule has 0 spiro atoms. The number of ether oxygens (including phenoxy) is 1. The third kappa shape index (κ3) is 3.56. The molecule has 0 amide bonds. The number of hydrogen-bond acceptors (Lipinski definition) is 1. The van der Waals surface area contributed by atoms with Gasteiger partial charge in [-0.3, -0.25) is 0 Å². The summed E-state index contributed by atoms with van der Waals surface area (Å²) in [5.41, 5.74) is 3.11. The van der Waals surface area contributed by atoms with Crippen LogP contribution in [0.15, 0.2) is 78.9 Å². The second-order valence-corrected chi connectivity index (χ2v) is 5.01. The summed E-state index contributed by atoms with van der Waals surface area (Å²) in [6, 6.07) is 25.8. The van der Waals surface area contributed by atoms with Crippen LogP contribution in [-0.4, -0.2) is 0 Å². The van der Waals surface area contributed by atoms with E-state index < -0.39 is 0 Å². The van der Waals surface area contributed by atoms with E-state index in [0.717, 1.165) is 28.2 Å². The highest BCUT2D eigenvalue weighted by atomic mass is 16.5. The molecule has 0 bridgehead atoms. The smallest absolute Gasteiger partial charge is 0.130 e. The Morgan fingerprint density at radius 1 is 0.636 bits per heavy atom. The van der Waals surface area contributed by atoms with E-state index in [1.807, 2.05) is 85.8 Å². The van der Waals surface area contributed by atoms with Gasteiger partial charge in [0.15, 0.2) is 0 Å². The third-order valence-electron chi connectivity index (χ3n) is 3.30. The number of rotatable bonds is 2. The van der Waals surface area contributed by atoms with Crippen molar-refractivity contribution in [1.82, 2.24) is 0 Å². The number of benzene rings is 3. The van der Waals surface area contributed by atoms with Crippen LogP contribution in [-0.2, 0) is 0 Å². The Kier molecular flexibility index (Phi) is 4.22. The van der Waals surface area contributed by atoms with Crippen LogP contribution < -0.4 is 4.74 Å². The first-order valence-electron chi connectivity index (χ1n) is 7.22. The van der Waals surface area contributed by atoms with Crippen molar-refractivity contribution < 1.29 is 4.74 Å². The Hall–Kier alpha value is -2.98. The molecule has 0 aliphatic heterocycles. The highest BCUT2D eigenvalue weighted by molar-refractivity contribution is 5.45. The first-order valence-corrected chi connectivity index (χ1v) is 7.22. The zero-order valence-electron chi connectivity index (χ0n) is 12.4. The van der Waals surface area contributed by atoms with E-state index in [4.69, 9.17) is 4.74 Å². The van der Waals surface area contributed by atoms with E-state index in [1.54, 1.807) is 0 Å². The van der Waals surface area contributed by atoms with Crippen molar-refractivity contribution in [2.45, 2.75) is 6.92 Å². The van der Waals surface area contributed by atoms with Crippen LogP contribution in [0.3, 0.4) is 0 Å². The average Bonchev–Trinajstić information content (AvgIpc) is 2.57. The SMILES string of the molecule is Cc1ccccc1Oc1ccc(C#Cc2ccccc2)cc1. The topological polar surface area (TPSA) is 9.23 Å². The third-order valence-corrected chi connectivity index (χ3v) is 3.30. The summed E-state index contributed by atoms with van der Waals surface area (Å²) in [7, 11) is 0. The van der Waals surface area contributed by atoms with Gasteiger partial charge in [-0.15, -0.1) is 0 Å². The summed E-state index contributed by atoms with van der Waals surface area (Å²) >= 11 is 0. The maximum absolute atomic E-state index is 5.88. The van der Waals surface area contributed by atoms with Crippen molar-refractivity contribution in [2.75, 3.05) is 0 Å². The molecule has 1 heteroatoms. The summed E-state index contributed by atoms with van der Waals surface area (Å²) in [6.45, 7) is 2.04. The van der Waals surface area contributed by atoms with E-state index in [9.17, 15) is 0 Å². The van der Waals surface area contributed by atoms with Crippen molar-refractivity contribution in [3.8, 4) is 23.3 Å². The summed E-state index contributed by atoms with van der Waals surface area (Å²) < 4.78 is 5.88. The molecule has 0 fully saturated rings. The molecule has 106 valence electrons. The quantitative estimate of drug-likeness (QED) is 0.589. The first-order chi connectivity index (χ1) is 10.8. The zero-order chi connectivity index (χ0) is 15.2. The second-order valence-electron chi connectivity index (χ2n) is 5.01. The maximum atomic E-state index is 5.88. The molecule has 3 aromatic carbocycles. The summed E-state index contributed by atoms with van der Waals surface area (Å²) in [6.07, 6.45) is 0. The van der Waals surface area contributed by atoms with Crippen LogP contribution in [0.1, 0.15) is 16.7 Å². The lowest BCUT2D eigenvalue weighted by Crippen LogP contribution is -1.87. The first kappa shape index (κ1) is 14.0. The maximum Gasteiger partial charge on any atom is 0.130 e. The van der Waals surface area contributed by atoms with Gasteiger partial charge < -0.3 is 4.74 Å². The number of hydrogen-bond donors (Lipinski definition) is 0. The molecular weight excluding hydrogens is 268 g/mol. The largest absolute Gasteiger partial charge is 0.457 e. The Morgan fingerprint density at radius 3 is 1.91 bits per heavy atom. The van der Waals surface area contributed by atoms with Gasteiger partial charge in [0.2, 0.25) is 0 Å². The minimum absolute atomic E-state index is 0.819. The molecule has 0 heterocycles. The minimum Gasteiger partial charge on any atom is -0.457 e. The van der Waals surface area contributed by atoms with Gasteiger partial charge in [-0.05, 0) is 55.0 Å². The summed E-state index contributed by atoms with van der Waals surface area (Å²) in [5.74, 6) is 8.01. The van der Waals surface area contributed by atoms with Gasteiger partial charge >= 0.3 is 0 Å². The van der Waals surface area contributed by atoms with Crippen molar-refractivity contribution in [3.05, 3.63) is 95.6 Å². The van der Waals surface area contributed by atoms with Crippen LogP contribution in [0.25, 0.3) is 0 Å². The van der Waals surface area contributed by atoms with Crippen molar-refractivity contribution >= 4 is 0 Å². The lowest BCUT2D eigenvalue weighted by molar-refractivity contribution is 0.479. The van der Waals surface area contributed by atoms with E-state index >= 15 is 0 Å². The van der Waals surface area contributed by atoms with Gasteiger partial charge in [0.05, 0.1) is 0 Å². The lowest BCUT2D eigenvalue weighted by Gasteiger charge is -2.08. The highest BCUT2D eigenvalue weighted by Gasteiger charge is 1.99. The molecular formula is C21H16O. The fraction of sp³-hybridized carbons (Fsp3) is 0.0476. The Labute approximate surface area is 131 Å². The van der Waals surface area contributed by atoms with E-state index in [2.05, 4.69) is 11.8 Å². The van der Waals surface area contributed by atoms with Crippen LogP contribution >= 0.6 is 0 Å². The van der Waals surface area contributed by atoms with Gasteiger partial charge in [0, 0.05) is 11.1 Å². The van der Waals surface area contributed by atoms with Crippen molar-refractivity contribution in [2.24, 2.45) is 0 Å². The fourth-order valence-electron chi connectivity index (χ4n) is 2.07. The van der Waals surface area contributed by atoms with Gasteiger partial charge in [-0.25, -0.2) is 0 Å². The molecule has 3 aromatic rings. The molecule has 0 saturated carbocycles. The Bertz CT molecular complexity index is 806. The molecule has 0 aliphatic carbocycles. The Balaban J connectivity index is 1.74. The molecule has 3 rings (SSSR count). The molecule has 0 aliphatic rings. The van der Waals surface area contributed by atoms with Crippen molar-refractivity contribution in [1.29, 1.82) is 0 Å². The van der Waals surface area contributed by atoms with Gasteiger partial charge in [0.1, 0.15) is 11.5 Å². The normalized spacial score (nSPS) is 9.68. The number of para-hydroxylation sites is 1. The average molecular weight is 284 g/mol. The molecule has 0 atom stereocenters. The summed E-state index contributed by atoms with van der Waals surface area (Å²) in [5, 5.41) is 0. The van der Waals surface area contributed by atoms with Gasteiger partial charge in [0.25, 0.3) is 0 Å². The molecule has 0 N–H and O–H groups in total. The van der Waals surface area contributed by atoms with E-state index in [-0.39, 0.29) is 0 Å². The van der Waals surface area contributed by atoms with Crippen LogP contribution in [0, 0.1) is 18.8 Å². The standard InChI is InChI=1S/C21H16O/c1-17-7-5-6-10-21(17)22-20-15-13-19(14-16-20)12-11-18-8-3-2-4-9-18/h2-10,13-16H,1H3. The predicted molar refractivity (Wildman–Crippen MR) is 90.1 cm³/mol. The number of aryl methyl sites for hydroxylation is 1. The van der Waals surface area contributed by atoms with Crippen molar-refractivity contribution in [3.63, 3.8) is 0 Å². The van der Waals surface area contributed by atoms with E-state index in [1.165, 1.54) is 0 Å². The van der Waals surface area contributed by atoms with Crippen LogP contribution in [0.4, 0.5) is 0 Å². The summed E-state index contributed by atoms with van der Waals surface area (Å²) in [4.78, 5) is 0. The molecule has 0 aromatic heterocycles. The monoisotopic (exact) mass is 284 g/mol. The van der Waals surface area contributed by atoms with Gasteiger partial charge in [-0.1, -0.05) is 48.2 Å². The van der Waals surface area contributed by atoms with E-state index in [0.29, 0.717) is 0 Å². The lowest BCUT2D eigenvalue weighted by atomic mass is 10.2. The zero-order valence-corrected chi connectivity index (χ0v) is 12.4. The molecule has 0 radical (unpaired) electrons.